The van der Waals surface area contributed by atoms with E-state index in [0.717, 1.165) is 16.5 Å². The quantitative estimate of drug-likeness (QED) is 0.155. The lowest BCUT2D eigenvalue weighted by Crippen LogP contribution is -2.58. The monoisotopic (exact) mass is 535 g/mol. The number of thiol groups is 1. The number of hydrogen-bond acceptors (Lipinski definition) is 7. The van der Waals surface area contributed by atoms with Crippen molar-refractivity contribution in [2.75, 3.05) is 5.75 Å². The Kier molecular flexibility index (Phi) is 10.9. The average Bonchev–Trinajstić information content (AvgIpc) is 3.23. The lowest BCUT2D eigenvalue weighted by atomic mass is 10.0. The highest BCUT2D eigenvalue weighted by molar-refractivity contribution is 7.80. The topological polar surface area (TPSA) is 204 Å². The van der Waals surface area contributed by atoms with Crippen LogP contribution in [0.25, 0.3) is 10.9 Å². The molecule has 0 radical (unpaired) electrons. The van der Waals surface area contributed by atoms with Crippen LogP contribution in [-0.2, 0) is 30.4 Å². The molecule has 0 aliphatic carbocycles. The van der Waals surface area contributed by atoms with E-state index >= 15 is 0 Å². The van der Waals surface area contributed by atoms with Crippen LogP contribution in [0.5, 0.6) is 0 Å². The number of H-pyrrole nitrogens is 1. The number of aliphatic carboxylic acids is 2. The molecular formula is C24H33N5O7S. The van der Waals surface area contributed by atoms with Crippen molar-refractivity contribution in [1.29, 1.82) is 0 Å². The standard InChI is InChI=1S/C24H33N5O7S/c1-12(2)7-17(22(33)28-18(24(35)36)9-20(30)31)27-23(34)19(11-37)29-21(32)15(25)8-13-10-26-16-6-4-3-5-14(13)16/h3-6,10,12,15,17-19,26,37H,7-9,11,25H2,1-2H3,(H,27,34)(H,28,33)(H,29,32)(H,30,31)(H,35,36). The summed E-state index contributed by atoms with van der Waals surface area (Å²) in [6, 6.07) is 2.64. The van der Waals surface area contributed by atoms with Crippen molar-refractivity contribution in [3.8, 4) is 0 Å². The van der Waals surface area contributed by atoms with Crippen LogP contribution in [0.1, 0.15) is 32.3 Å². The van der Waals surface area contributed by atoms with Crippen LogP contribution in [-0.4, -0.2) is 74.8 Å². The maximum atomic E-state index is 12.9. The summed E-state index contributed by atoms with van der Waals surface area (Å²) in [5.74, 6) is -5.24. The second-order valence-corrected chi connectivity index (χ2v) is 9.47. The Bertz CT molecular complexity index is 1140. The predicted molar refractivity (Wildman–Crippen MR) is 139 cm³/mol. The van der Waals surface area contributed by atoms with E-state index in [9.17, 15) is 29.1 Å². The van der Waals surface area contributed by atoms with Gasteiger partial charge in [0.05, 0.1) is 12.5 Å². The summed E-state index contributed by atoms with van der Waals surface area (Å²) < 4.78 is 0. The number of nitrogens with two attached hydrogens (primary N) is 1. The number of carboxylic acid groups (broad SMARTS) is 2. The molecule has 2 rings (SSSR count). The van der Waals surface area contributed by atoms with Crippen LogP contribution < -0.4 is 21.7 Å². The van der Waals surface area contributed by atoms with E-state index in [1.807, 2.05) is 24.3 Å². The molecule has 0 aliphatic heterocycles. The number of rotatable bonds is 14. The molecule has 0 saturated heterocycles. The number of carbonyl (C=O) groups is 5. The van der Waals surface area contributed by atoms with Crippen LogP contribution in [0.3, 0.4) is 0 Å². The van der Waals surface area contributed by atoms with Gasteiger partial charge < -0.3 is 36.9 Å². The zero-order chi connectivity index (χ0) is 27.7. The molecule has 3 amide bonds. The van der Waals surface area contributed by atoms with E-state index in [-0.39, 0.29) is 24.5 Å². The van der Waals surface area contributed by atoms with Crippen molar-refractivity contribution in [1.82, 2.24) is 20.9 Å². The van der Waals surface area contributed by atoms with Crippen LogP contribution in [0.15, 0.2) is 30.5 Å². The Morgan fingerprint density at radius 1 is 0.946 bits per heavy atom. The maximum absolute atomic E-state index is 12.9. The Morgan fingerprint density at radius 2 is 1.54 bits per heavy atom. The number of amides is 3. The second kappa shape index (κ2) is 13.7. The molecular weight excluding hydrogens is 502 g/mol. The molecule has 13 heteroatoms. The molecule has 8 N–H and O–H groups in total. The molecule has 4 unspecified atom stereocenters. The number of hydrogen-bond donors (Lipinski definition) is 8. The largest absolute Gasteiger partial charge is 0.481 e. The first-order chi connectivity index (χ1) is 17.4. The number of carbonyl (C=O) groups excluding carboxylic acids is 3. The van der Waals surface area contributed by atoms with Gasteiger partial charge in [0.1, 0.15) is 18.1 Å². The third kappa shape index (κ3) is 8.79. The van der Waals surface area contributed by atoms with Crippen molar-refractivity contribution in [3.63, 3.8) is 0 Å². The van der Waals surface area contributed by atoms with Gasteiger partial charge in [-0.1, -0.05) is 32.0 Å². The van der Waals surface area contributed by atoms with E-state index < -0.39 is 60.2 Å². The Labute approximate surface area is 219 Å². The molecule has 1 aromatic heterocycles. The van der Waals surface area contributed by atoms with Gasteiger partial charge in [-0.2, -0.15) is 12.6 Å². The fraction of sp³-hybridized carbons (Fsp3) is 0.458. The third-order valence-electron chi connectivity index (χ3n) is 5.60. The molecule has 202 valence electrons. The molecule has 1 aromatic carbocycles. The zero-order valence-electron chi connectivity index (χ0n) is 20.6. The van der Waals surface area contributed by atoms with Crippen LogP contribution >= 0.6 is 12.6 Å². The van der Waals surface area contributed by atoms with Gasteiger partial charge in [0.15, 0.2) is 0 Å². The van der Waals surface area contributed by atoms with E-state index in [2.05, 4.69) is 33.6 Å². The predicted octanol–water partition coefficient (Wildman–Crippen LogP) is 0.0273. The van der Waals surface area contributed by atoms with Crippen molar-refractivity contribution in [2.45, 2.75) is 57.3 Å². The first-order valence-corrected chi connectivity index (χ1v) is 12.3. The van der Waals surface area contributed by atoms with Crippen molar-refractivity contribution < 1.29 is 34.2 Å². The number of carboxylic acids is 2. The first-order valence-electron chi connectivity index (χ1n) is 11.7. The number of fused-ring (bicyclic) bond motifs is 1. The minimum absolute atomic E-state index is 0.0764. The summed E-state index contributed by atoms with van der Waals surface area (Å²) in [7, 11) is 0. The van der Waals surface area contributed by atoms with Crippen molar-refractivity contribution >= 4 is 53.2 Å². The fourth-order valence-electron chi connectivity index (χ4n) is 3.73. The average molecular weight is 536 g/mol. The van der Waals surface area contributed by atoms with Gasteiger partial charge in [-0.25, -0.2) is 4.79 Å². The summed E-state index contributed by atoms with van der Waals surface area (Å²) in [6.45, 7) is 3.58. The lowest BCUT2D eigenvalue weighted by molar-refractivity contribution is -0.147. The highest BCUT2D eigenvalue weighted by Gasteiger charge is 2.31. The smallest absolute Gasteiger partial charge is 0.326 e. The highest BCUT2D eigenvalue weighted by atomic mass is 32.1. The SMILES string of the molecule is CC(C)CC(NC(=O)C(CS)NC(=O)C(N)Cc1c[nH]c2ccccc12)C(=O)NC(CC(=O)O)C(=O)O. The minimum Gasteiger partial charge on any atom is -0.481 e. The van der Waals surface area contributed by atoms with Crippen LogP contribution in [0, 0.1) is 5.92 Å². The van der Waals surface area contributed by atoms with E-state index in [4.69, 9.17) is 10.8 Å². The lowest BCUT2D eigenvalue weighted by Gasteiger charge is -2.25. The van der Waals surface area contributed by atoms with Crippen LogP contribution in [0.4, 0.5) is 0 Å². The second-order valence-electron chi connectivity index (χ2n) is 9.10. The van der Waals surface area contributed by atoms with Gasteiger partial charge in [0.25, 0.3) is 0 Å². The van der Waals surface area contributed by atoms with Crippen LogP contribution in [0.2, 0.25) is 0 Å². The minimum atomic E-state index is -1.67. The Morgan fingerprint density at radius 3 is 2.14 bits per heavy atom. The van der Waals surface area contributed by atoms with Crippen molar-refractivity contribution in [2.24, 2.45) is 11.7 Å². The van der Waals surface area contributed by atoms with Gasteiger partial charge >= 0.3 is 11.9 Å². The van der Waals surface area contributed by atoms with Gasteiger partial charge in [-0.3, -0.25) is 19.2 Å². The molecule has 0 saturated carbocycles. The normalized spacial score (nSPS) is 14.4. The molecule has 0 bridgehead atoms. The van der Waals surface area contributed by atoms with Gasteiger partial charge in [-0.05, 0) is 30.4 Å². The molecule has 2 aromatic rings. The molecule has 1 heterocycles. The summed E-state index contributed by atoms with van der Waals surface area (Å²) in [4.78, 5) is 63.7. The first kappa shape index (κ1) is 29.6. The number of para-hydroxylation sites is 1. The molecule has 12 nitrogen and oxygen atoms in total. The number of aromatic nitrogens is 1. The van der Waals surface area contributed by atoms with E-state index in [1.165, 1.54) is 0 Å². The van der Waals surface area contributed by atoms with Gasteiger partial charge in [-0.15, -0.1) is 0 Å². The number of benzene rings is 1. The Hall–Kier alpha value is -3.58. The summed E-state index contributed by atoms with van der Waals surface area (Å²) in [5, 5.41) is 26.2. The summed E-state index contributed by atoms with van der Waals surface area (Å²) in [6.07, 6.45) is 1.30. The number of nitrogens with one attached hydrogen (secondary N) is 4. The third-order valence-corrected chi connectivity index (χ3v) is 5.97. The van der Waals surface area contributed by atoms with Gasteiger partial charge in [0, 0.05) is 22.9 Å². The molecule has 0 aliphatic rings. The number of aromatic amines is 1. The molecule has 4 atom stereocenters. The Balaban J connectivity index is 2.05. The maximum Gasteiger partial charge on any atom is 0.326 e. The fourth-order valence-corrected chi connectivity index (χ4v) is 3.98. The van der Waals surface area contributed by atoms with Crippen molar-refractivity contribution in [3.05, 3.63) is 36.0 Å². The van der Waals surface area contributed by atoms with E-state index in [0.29, 0.717) is 0 Å². The van der Waals surface area contributed by atoms with Gasteiger partial charge in [0.2, 0.25) is 17.7 Å². The zero-order valence-corrected chi connectivity index (χ0v) is 21.5. The molecule has 0 fully saturated rings. The molecule has 37 heavy (non-hydrogen) atoms. The molecule has 0 spiro atoms. The summed E-state index contributed by atoms with van der Waals surface area (Å²) in [5.41, 5.74) is 7.83. The highest BCUT2D eigenvalue weighted by Crippen LogP contribution is 2.18. The summed E-state index contributed by atoms with van der Waals surface area (Å²) >= 11 is 4.13. The van der Waals surface area contributed by atoms with E-state index in [1.54, 1.807) is 20.0 Å².